The Morgan fingerprint density at radius 2 is 2.00 bits per heavy atom. The quantitative estimate of drug-likeness (QED) is 0.837. The Morgan fingerprint density at radius 3 is 2.47 bits per heavy atom. The van der Waals surface area contributed by atoms with Crippen LogP contribution >= 0.6 is 23.2 Å². The van der Waals surface area contributed by atoms with Crippen molar-refractivity contribution in [3.05, 3.63) is 22.2 Å². The number of hydrogen-bond donors (Lipinski definition) is 2. The maximum atomic E-state index is 12.3. The SMILES string of the molecule is CC1(CNS(=O)(=O)c2c(N)cc(Cl)cc2Cl)CCC1. The van der Waals surface area contributed by atoms with Gasteiger partial charge >= 0.3 is 0 Å². The highest BCUT2D eigenvalue weighted by Crippen LogP contribution is 2.40. The van der Waals surface area contributed by atoms with E-state index >= 15 is 0 Å². The second kappa shape index (κ2) is 5.13. The number of hydrogen-bond acceptors (Lipinski definition) is 3. The third-order valence-electron chi connectivity index (χ3n) is 3.56. The standard InChI is InChI=1S/C12H16Cl2N2O2S/c1-12(3-2-4-12)7-16-19(17,18)11-9(14)5-8(13)6-10(11)15/h5-6,16H,2-4,7,15H2,1H3. The van der Waals surface area contributed by atoms with E-state index in [2.05, 4.69) is 11.6 Å². The van der Waals surface area contributed by atoms with E-state index in [1.54, 1.807) is 0 Å². The number of nitrogens with two attached hydrogens (primary N) is 1. The average molecular weight is 323 g/mol. The van der Waals surface area contributed by atoms with E-state index in [0.29, 0.717) is 11.6 Å². The number of sulfonamides is 1. The van der Waals surface area contributed by atoms with Gasteiger partial charge in [0.1, 0.15) is 4.90 Å². The number of halogens is 2. The summed E-state index contributed by atoms with van der Waals surface area (Å²) in [7, 11) is -3.71. The maximum absolute atomic E-state index is 12.3. The van der Waals surface area contributed by atoms with Gasteiger partial charge in [0.25, 0.3) is 0 Å². The lowest BCUT2D eigenvalue weighted by Gasteiger charge is -2.38. The van der Waals surface area contributed by atoms with Gasteiger partial charge in [-0.25, -0.2) is 13.1 Å². The fraction of sp³-hybridized carbons (Fsp3) is 0.500. The molecule has 0 unspecified atom stereocenters. The molecular weight excluding hydrogens is 307 g/mol. The van der Waals surface area contributed by atoms with E-state index in [1.165, 1.54) is 12.1 Å². The molecule has 0 amide bonds. The first kappa shape index (κ1) is 14.9. The Bertz CT molecular complexity index is 575. The molecule has 0 aliphatic heterocycles. The zero-order chi connectivity index (χ0) is 14.3. The van der Waals surface area contributed by atoms with Crippen LogP contribution in [0.5, 0.6) is 0 Å². The highest BCUT2D eigenvalue weighted by atomic mass is 35.5. The molecule has 1 aromatic rings. The fourth-order valence-electron chi connectivity index (χ4n) is 2.16. The molecule has 0 spiro atoms. The lowest BCUT2D eigenvalue weighted by Crippen LogP contribution is -2.40. The third kappa shape index (κ3) is 3.16. The summed E-state index contributed by atoms with van der Waals surface area (Å²) in [6.45, 7) is 2.46. The molecule has 0 aromatic heterocycles. The van der Waals surface area contributed by atoms with Gasteiger partial charge < -0.3 is 5.73 Å². The summed E-state index contributed by atoms with van der Waals surface area (Å²) in [4.78, 5) is -0.0958. The molecule has 1 fully saturated rings. The van der Waals surface area contributed by atoms with Gasteiger partial charge in [0, 0.05) is 11.6 Å². The van der Waals surface area contributed by atoms with E-state index in [1.807, 2.05) is 0 Å². The molecule has 4 nitrogen and oxygen atoms in total. The molecular formula is C12H16Cl2N2O2S. The molecule has 7 heteroatoms. The first-order valence-corrected chi connectivity index (χ1v) is 8.22. The number of nitrogens with one attached hydrogen (secondary N) is 1. The van der Waals surface area contributed by atoms with Crippen LogP contribution in [0.4, 0.5) is 5.69 Å². The molecule has 1 aromatic carbocycles. The van der Waals surface area contributed by atoms with Crippen LogP contribution in [0.1, 0.15) is 26.2 Å². The Morgan fingerprint density at radius 1 is 1.37 bits per heavy atom. The van der Waals surface area contributed by atoms with Gasteiger partial charge in [-0.05, 0) is 30.4 Å². The van der Waals surface area contributed by atoms with Gasteiger partial charge in [-0.1, -0.05) is 36.5 Å². The topological polar surface area (TPSA) is 72.2 Å². The predicted octanol–water partition coefficient (Wildman–Crippen LogP) is 3.04. The first-order valence-electron chi connectivity index (χ1n) is 5.98. The van der Waals surface area contributed by atoms with Crippen molar-refractivity contribution >= 4 is 38.9 Å². The third-order valence-corrected chi connectivity index (χ3v) is 5.70. The van der Waals surface area contributed by atoms with Gasteiger partial charge in [0.05, 0.1) is 10.7 Å². The lowest BCUT2D eigenvalue weighted by atomic mass is 9.71. The fourth-order valence-corrected chi connectivity index (χ4v) is 4.34. The minimum absolute atomic E-state index is 0.0382. The van der Waals surface area contributed by atoms with Crippen molar-refractivity contribution in [2.75, 3.05) is 12.3 Å². The van der Waals surface area contributed by atoms with Gasteiger partial charge in [0.2, 0.25) is 10.0 Å². The highest BCUT2D eigenvalue weighted by molar-refractivity contribution is 7.89. The van der Waals surface area contributed by atoms with E-state index in [4.69, 9.17) is 28.9 Å². The molecule has 1 aliphatic carbocycles. The van der Waals surface area contributed by atoms with Crippen LogP contribution in [0.25, 0.3) is 0 Å². The van der Waals surface area contributed by atoms with E-state index in [-0.39, 0.29) is 21.0 Å². The molecule has 3 N–H and O–H groups in total. The van der Waals surface area contributed by atoms with Crippen molar-refractivity contribution in [2.45, 2.75) is 31.1 Å². The summed E-state index contributed by atoms with van der Waals surface area (Å²) in [6.07, 6.45) is 3.20. The largest absolute Gasteiger partial charge is 0.398 e. The molecule has 0 radical (unpaired) electrons. The second-order valence-electron chi connectivity index (χ2n) is 5.29. The Labute approximate surface area is 123 Å². The Balaban J connectivity index is 2.24. The molecule has 1 saturated carbocycles. The lowest BCUT2D eigenvalue weighted by molar-refractivity contribution is 0.166. The van der Waals surface area contributed by atoms with Crippen LogP contribution in [0, 0.1) is 5.41 Å². The molecule has 0 saturated heterocycles. The molecule has 0 bridgehead atoms. The van der Waals surface area contributed by atoms with Crippen LogP contribution < -0.4 is 10.5 Å². The molecule has 2 rings (SSSR count). The average Bonchev–Trinajstić information content (AvgIpc) is 2.22. The van der Waals surface area contributed by atoms with Crippen molar-refractivity contribution in [3.8, 4) is 0 Å². The van der Waals surface area contributed by atoms with Crippen molar-refractivity contribution in [1.82, 2.24) is 4.72 Å². The van der Waals surface area contributed by atoms with Crippen LogP contribution in [0.2, 0.25) is 10.0 Å². The second-order valence-corrected chi connectivity index (χ2v) is 7.84. The van der Waals surface area contributed by atoms with E-state index < -0.39 is 10.0 Å². The first-order chi connectivity index (χ1) is 8.73. The number of rotatable bonds is 4. The number of nitrogen functional groups attached to an aromatic ring is 1. The van der Waals surface area contributed by atoms with E-state index in [0.717, 1.165) is 19.3 Å². The summed E-state index contributed by atoms with van der Waals surface area (Å²) in [6, 6.07) is 2.76. The van der Waals surface area contributed by atoms with Gasteiger partial charge in [-0.3, -0.25) is 0 Å². The normalized spacial score (nSPS) is 18.1. The van der Waals surface area contributed by atoms with Gasteiger partial charge in [0.15, 0.2) is 0 Å². The van der Waals surface area contributed by atoms with Crippen LogP contribution in [-0.2, 0) is 10.0 Å². The highest BCUT2D eigenvalue weighted by Gasteiger charge is 2.33. The minimum atomic E-state index is -3.71. The summed E-state index contributed by atoms with van der Waals surface area (Å²) in [5.74, 6) is 0. The summed E-state index contributed by atoms with van der Waals surface area (Å²) < 4.78 is 27.1. The summed E-state index contributed by atoms with van der Waals surface area (Å²) in [5.41, 5.74) is 5.81. The monoisotopic (exact) mass is 322 g/mol. The number of benzene rings is 1. The Hall–Kier alpha value is -0.490. The zero-order valence-electron chi connectivity index (χ0n) is 10.5. The van der Waals surface area contributed by atoms with Crippen LogP contribution in [0.15, 0.2) is 17.0 Å². The minimum Gasteiger partial charge on any atom is -0.398 e. The zero-order valence-corrected chi connectivity index (χ0v) is 12.9. The summed E-state index contributed by atoms with van der Waals surface area (Å²) in [5, 5.41) is 0.351. The van der Waals surface area contributed by atoms with Crippen molar-refractivity contribution < 1.29 is 8.42 Å². The molecule has 106 valence electrons. The summed E-state index contributed by atoms with van der Waals surface area (Å²) >= 11 is 11.7. The van der Waals surface area contributed by atoms with Crippen LogP contribution in [0.3, 0.4) is 0 Å². The smallest absolute Gasteiger partial charge is 0.244 e. The van der Waals surface area contributed by atoms with Gasteiger partial charge in [-0.15, -0.1) is 0 Å². The van der Waals surface area contributed by atoms with Crippen molar-refractivity contribution in [3.63, 3.8) is 0 Å². The predicted molar refractivity (Wildman–Crippen MR) is 78.0 cm³/mol. The number of anilines is 1. The molecule has 0 atom stereocenters. The van der Waals surface area contributed by atoms with Crippen molar-refractivity contribution in [1.29, 1.82) is 0 Å². The van der Waals surface area contributed by atoms with Gasteiger partial charge in [-0.2, -0.15) is 0 Å². The molecule has 19 heavy (non-hydrogen) atoms. The van der Waals surface area contributed by atoms with Crippen molar-refractivity contribution in [2.24, 2.45) is 5.41 Å². The van der Waals surface area contributed by atoms with Crippen LogP contribution in [-0.4, -0.2) is 15.0 Å². The van der Waals surface area contributed by atoms with E-state index in [9.17, 15) is 8.42 Å². The Kier molecular flexibility index (Phi) is 4.02. The molecule has 0 heterocycles. The molecule has 1 aliphatic rings. The maximum Gasteiger partial charge on any atom is 0.244 e.